The second-order valence-electron chi connectivity index (χ2n) is 6.86. The molecule has 1 aliphatic rings. The Labute approximate surface area is 174 Å². The summed E-state index contributed by atoms with van der Waals surface area (Å²) in [5.41, 5.74) is 1.67. The molecule has 2 aromatic heterocycles. The van der Waals surface area contributed by atoms with Gasteiger partial charge in [-0.15, -0.1) is 24.5 Å². The fourth-order valence-corrected chi connectivity index (χ4v) is 3.93. The van der Waals surface area contributed by atoms with Crippen molar-refractivity contribution in [2.75, 3.05) is 19.6 Å². The monoisotopic (exact) mass is 437 g/mol. The molecule has 158 valence electrons. The Bertz CT molecular complexity index is 1030. The summed E-state index contributed by atoms with van der Waals surface area (Å²) in [6.07, 6.45) is -1.43. The predicted molar refractivity (Wildman–Crippen MR) is 105 cm³/mol. The first-order chi connectivity index (χ1) is 14.3. The Morgan fingerprint density at radius 2 is 2.07 bits per heavy atom. The summed E-state index contributed by atoms with van der Waals surface area (Å²) in [5, 5.41) is 9.90. The molecule has 0 radical (unpaired) electrons. The Morgan fingerprint density at radius 1 is 1.30 bits per heavy atom. The lowest BCUT2D eigenvalue weighted by atomic mass is 10.2. The van der Waals surface area contributed by atoms with E-state index in [1.807, 2.05) is 6.92 Å². The average molecular weight is 437 g/mol. The van der Waals surface area contributed by atoms with Gasteiger partial charge in [-0.3, -0.25) is 4.79 Å². The first-order valence-corrected chi connectivity index (χ1v) is 10.1. The van der Waals surface area contributed by atoms with Crippen LogP contribution < -0.4 is 10.1 Å². The highest BCUT2D eigenvalue weighted by Crippen LogP contribution is 2.27. The molecule has 3 heterocycles. The number of piperazine rings is 1. The van der Waals surface area contributed by atoms with Gasteiger partial charge in [0.1, 0.15) is 16.5 Å². The van der Waals surface area contributed by atoms with Crippen LogP contribution in [-0.2, 0) is 0 Å². The number of rotatable bonds is 4. The minimum Gasteiger partial charge on any atom is -0.406 e. The molecular formula is C19H18F3N5O2S. The zero-order valence-electron chi connectivity index (χ0n) is 15.9. The number of thiazole rings is 1. The molecule has 1 saturated heterocycles. The highest BCUT2D eigenvalue weighted by Gasteiger charge is 2.31. The molecule has 0 bridgehead atoms. The second kappa shape index (κ2) is 8.07. The summed E-state index contributed by atoms with van der Waals surface area (Å²) in [4.78, 5) is 18.9. The van der Waals surface area contributed by atoms with E-state index in [2.05, 4.69) is 20.1 Å². The van der Waals surface area contributed by atoms with Crippen molar-refractivity contribution in [3.8, 4) is 22.0 Å². The molecule has 1 atom stereocenters. The number of amides is 1. The van der Waals surface area contributed by atoms with E-state index in [0.29, 0.717) is 35.0 Å². The SMILES string of the molecule is C[C@H]1CN(C(=O)c2csc(-c3cnn(-c4ccc(OC(F)(F)F)cc4)c3)n2)CCN1. The lowest BCUT2D eigenvalue weighted by Crippen LogP contribution is -2.51. The zero-order valence-corrected chi connectivity index (χ0v) is 16.7. The van der Waals surface area contributed by atoms with Gasteiger partial charge in [0.2, 0.25) is 0 Å². The van der Waals surface area contributed by atoms with Crippen LogP contribution in [0.2, 0.25) is 0 Å². The van der Waals surface area contributed by atoms with Crippen LogP contribution in [0.3, 0.4) is 0 Å². The molecular weight excluding hydrogens is 419 g/mol. The van der Waals surface area contributed by atoms with Gasteiger partial charge in [0.25, 0.3) is 5.91 Å². The number of carbonyl (C=O) groups is 1. The molecule has 30 heavy (non-hydrogen) atoms. The van der Waals surface area contributed by atoms with Gasteiger partial charge in [-0.1, -0.05) is 0 Å². The molecule has 0 unspecified atom stereocenters. The third-order valence-corrected chi connectivity index (χ3v) is 5.44. The van der Waals surface area contributed by atoms with Gasteiger partial charge in [0.15, 0.2) is 0 Å². The smallest absolute Gasteiger partial charge is 0.406 e. The van der Waals surface area contributed by atoms with Crippen LogP contribution in [0, 0.1) is 0 Å². The number of nitrogens with one attached hydrogen (secondary N) is 1. The number of ether oxygens (including phenoxy) is 1. The van der Waals surface area contributed by atoms with Crippen molar-refractivity contribution in [3.63, 3.8) is 0 Å². The summed E-state index contributed by atoms with van der Waals surface area (Å²) >= 11 is 1.34. The summed E-state index contributed by atoms with van der Waals surface area (Å²) in [6, 6.07) is 5.63. The molecule has 1 amide bonds. The number of aromatic nitrogens is 3. The molecule has 4 rings (SSSR count). The Kier molecular flexibility index (Phi) is 5.48. The van der Waals surface area contributed by atoms with Crippen LogP contribution in [0.5, 0.6) is 5.75 Å². The van der Waals surface area contributed by atoms with Crippen molar-refractivity contribution in [2.24, 2.45) is 0 Å². The van der Waals surface area contributed by atoms with E-state index in [1.54, 1.807) is 22.7 Å². The van der Waals surface area contributed by atoms with Crippen LogP contribution in [0.1, 0.15) is 17.4 Å². The normalized spacial score (nSPS) is 17.2. The Balaban J connectivity index is 1.47. The number of hydrogen-bond donors (Lipinski definition) is 1. The number of nitrogens with zero attached hydrogens (tertiary/aromatic N) is 4. The van der Waals surface area contributed by atoms with Gasteiger partial charge in [-0.2, -0.15) is 5.10 Å². The van der Waals surface area contributed by atoms with E-state index in [0.717, 1.165) is 6.54 Å². The quantitative estimate of drug-likeness (QED) is 0.678. The lowest BCUT2D eigenvalue weighted by Gasteiger charge is -2.31. The van der Waals surface area contributed by atoms with E-state index in [1.165, 1.54) is 40.3 Å². The summed E-state index contributed by atoms with van der Waals surface area (Å²) in [7, 11) is 0. The van der Waals surface area contributed by atoms with Crippen LogP contribution in [-0.4, -0.2) is 57.6 Å². The van der Waals surface area contributed by atoms with Crippen molar-refractivity contribution in [2.45, 2.75) is 19.3 Å². The summed E-state index contributed by atoms with van der Waals surface area (Å²) in [6.45, 7) is 4.06. The van der Waals surface area contributed by atoms with Crippen LogP contribution in [0.4, 0.5) is 13.2 Å². The Hall–Kier alpha value is -2.92. The predicted octanol–water partition coefficient (Wildman–Crippen LogP) is 3.33. The van der Waals surface area contributed by atoms with Crippen molar-refractivity contribution in [3.05, 3.63) is 47.7 Å². The van der Waals surface area contributed by atoms with Gasteiger partial charge in [-0.05, 0) is 31.2 Å². The minimum atomic E-state index is -4.73. The molecule has 1 aromatic carbocycles. The molecule has 1 N–H and O–H groups in total. The molecule has 11 heteroatoms. The fourth-order valence-electron chi connectivity index (χ4n) is 3.16. The largest absolute Gasteiger partial charge is 0.573 e. The molecule has 0 spiro atoms. The highest BCUT2D eigenvalue weighted by molar-refractivity contribution is 7.13. The number of carbonyl (C=O) groups excluding carboxylic acids is 1. The first kappa shape index (κ1) is 20.4. The van der Waals surface area contributed by atoms with Crippen molar-refractivity contribution in [1.29, 1.82) is 0 Å². The molecule has 1 fully saturated rings. The maximum Gasteiger partial charge on any atom is 0.573 e. The average Bonchev–Trinajstić information content (AvgIpc) is 3.36. The van der Waals surface area contributed by atoms with Gasteiger partial charge in [0.05, 0.1) is 11.9 Å². The minimum absolute atomic E-state index is 0.0986. The standard InChI is InChI=1S/C19H18F3N5O2S/c1-12-9-26(7-6-23-12)18(28)16-11-30-17(25-16)13-8-24-27(10-13)14-2-4-15(5-3-14)29-19(20,21)22/h2-5,8,10-12,23H,6-7,9H2,1H3/t12-/m0/s1. The van der Waals surface area contributed by atoms with Gasteiger partial charge < -0.3 is 15.0 Å². The molecule has 3 aromatic rings. The number of halogens is 3. The molecule has 0 aliphatic carbocycles. The highest BCUT2D eigenvalue weighted by atomic mass is 32.1. The van der Waals surface area contributed by atoms with Gasteiger partial charge >= 0.3 is 6.36 Å². The Morgan fingerprint density at radius 3 is 2.77 bits per heavy atom. The molecule has 7 nitrogen and oxygen atoms in total. The fraction of sp³-hybridized carbons (Fsp3) is 0.316. The van der Waals surface area contributed by atoms with Crippen LogP contribution in [0.15, 0.2) is 42.0 Å². The van der Waals surface area contributed by atoms with E-state index in [-0.39, 0.29) is 17.7 Å². The number of hydrogen-bond acceptors (Lipinski definition) is 6. The number of alkyl halides is 3. The topological polar surface area (TPSA) is 72.3 Å². The van der Waals surface area contributed by atoms with Gasteiger partial charge in [-0.25, -0.2) is 9.67 Å². The van der Waals surface area contributed by atoms with Crippen LogP contribution >= 0.6 is 11.3 Å². The van der Waals surface area contributed by atoms with E-state index >= 15 is 0 Å². The number of benzene rings is 1. The van der Waals surface area contributed by atoms with Gasteiger partial charge in [0, 0.05) is 42.8 Å². The summed E-state index contributed by atoms with van der Waals surface area (Å²) < 4.78 is 42.2. The summed E-state index contributed by atoms with van der Waals surface area (Å²) in [5.74, 6) is -0.401. The molecule has 0 saturated carbocycles. The molecule has 1 aliphatic heterocycles. The zero-order chi connectivity index (χ0) is 21.3. The van der Waals surface area contributed by atoms with E-state index < -0.39 is 6.36 Å². The third kappa shape index (κ3) is 4.62. The lowest BCUT2D eigenvalue weighted by molar-refractivity contribution is -0.274. The van der Waals surface area contributed by atoms with E-state index in [4.69, 9.17) is 0 Å². The maximum atomic E-state index is 12.7. The van der Waals surface area contributed by atoms with E-state index in [9.17, 15) is 18.0 Å². The van der Waals surface area contributed by atoms with Crippen molar-refractivity contribution < 1.29 is 22.7 Å². The van der Waals surface area contributed by atoms with Crippen molar-refractivity contribution in [1.82, 2.24) is 25.0 Å². The van der Waals surface area contributed by atoms with Crippen LogP contribution in [0.25, 0.3) is 16.3 Å². The second-order valence-corrected chi connectivity index (χ2v) is 7.72. The van der Waals surface area contributed by atoms with Crippen molar-refractivity contribution >= 4 is 17.2 Å². The maximum absolute atomic E-state index is 12.7. The third-order valence-electron chi connectivity index (χ3n) is 4.54. The first-order valence-electron chi connectivity index (χ1n) is 9.18.